The van der Waals surface area contributed by atoms with E-state index in [1.165, 1.54) is 13.2 Å². The Kier molecular flexibility index (Phi) is 7.51. The summed E-state index contributed by atoms with van der Waals surface area (Å²) in [7, 11) is 1.41. The first-order valence-electron chi connectivity index (χ1n) is 8.26. The number of nitro benzene ring substituents is 1. The molecular weight excluding hydrogens is 452 g/mol. The maximum atomic E-state index is 12.9. The summed E-state index contributed by atoms with van der Waals surface area (Å²) < 4.78 is 49.2. The van der Waals surface area contributed by atoms with E-state index in [9.17, 15) is 28.1 Å². The molecule has 0 aromatic heterocycles. The number of rotatable bonds is 7. The molecule has 30 heavy (non-hydrogen) atoms. The molecule has 1 amide bonds. The van der Waals surface area contributed by atoms with Gasteiger partial charge in [-0.15, -0.1) is 0 Å². The van der Waals surface area contributed by atoms with E-state index in [4.69, 9.17) is 32.7 Å². The van der Waals surface area contributed by atoms with Crippen LogP contribution in [0.25, 0.3) is 0 Å². The molecule has 0 radical (unpaired) electrons. The van der Waals surface area contributed by atoms with Gasteiger partial charge >= 0.3 is 6.18 Å². The van der Waals surface area contributed by atoms with Crippen LogP contribution in [0.1, 0.15) is 18.1 Å². The predicted molar refractivity (Wildman–Crippen MR) is 105 cm³/mol. The summed E-state index contributed by atoms with van der Waals surface area (Å²) >= 11 is 11.8. The van der Waals surface area contributed by atoms with Crippen molar-refractivity contribution in [1.29, 1.82) is 0 Å². The van der Waals surface area contributed by atoms with Crippen molar-refractivity contribution in [3.63, 3.8) is 0 Å². The van der Waals surface area contributed by atoms with Gasteiger partial charge in [-0.3, -0.25) is 14.9 Å². The summed E-state index contributed by atoms with van der Waals surface area (Å²) in [5, 5.41) is 13.0. The van der Waals surface area contributed by atoms with Crippen LogP contribution in [0.15, 0.2) is 24.3 Å². The third-order valence-corrected chi connectivity index (χ3v) is 4.34. The zero-order valence-corrected chi connectivity index (χ0v) is 17.1. The van der Waals surface area contributed by atoms with Crippen molar-refractivity contribution in [2.75, 3.05) is 19.0 Å². The topological polar surface area (TPSA) is 90.7 Å². The first-order chi connectivity index (χ1) is 13.9. The summed E-state index contributed by atoms with van der Waals surface area (Å²) in [6, 6.07) is 3.75. The van der Waals surface area contributed by atoms with Gasteiger partial charge in [-0.05, 0) is 18.2 Å². The molecule has 0 aliphatic rings. The predicted octanol–water partition coefficient (Wildman–Crippen LogP) is 5.86. The Morgan fingerprint density at radius 1 is 1.20 bits per heavy atom. The van der Waals surface area contributed by atoms with Gasteiger partial charge in [0.15, 0.2) is 5.75 Å². The van der Waals surface area contributed by atoms with Crippen molar-refractivity contribution in [2.24, 2.45) is 0 Å². The molecule has 162 valence electrons. The molecule has 2 aromatic carbocycles. The second-order valence-electron chi connectivity index (χ2n) is 6.03. The van der Waals surface area contributed by atoms with Crippen molar-refractivity contribution >= 4 is 40.5 Å². The van der Waals surface area contributed by atoms with Gasteiger partial charge in [-0.25, -0.2) is 0 Å². The standard InChI is InChI=1S/C18H15Cl2F3N2O5/c1-9(26)24-15-8-12(5-10(3-4-29-2)16(15)25(27)28)30-17-13(19)6-11(7-14(17)20)18(21,22)23/h5-8H,3-4H2,1-2H3,(H,24,26). The first kappa shape index (κ1) is 23.7. The normalized spacial score (nSPS) is 11.3. The minimum atomic E-state index is -4.66. The lowest BCUT2D eigenvalue weighted by Crippen LogP contribution is -2.10. The molecule has 0 saturated heterocycles. The highest BCUT2D eigenvalue weighted by molar-refractivity contribution is 6.37. The molecule has 0 fully saturated rings. The number of nitrogens with zero attached hydrogens (tertiary/aromatic N) is 1. The number of amides is 1. The number of nitro groups is 1. The van der Waals surface area contributed by atoms with Gasteiger partial charge in [0.05, 0.1) is 27.1 Å². The molecule has 0 saturated carbocycles. The van der Waals surface area contributed by atoms with Crippen molar-refractivity contribution in [3.05, 3.63) is 55.6 Å². The molecule has 0 aliphatic heterocycles. The SMILES string of the molecule is COCCc1cc(Oc2c(Cl)cc(C(F)(F)F)cc2Cl)cc(NC(C)=O)c1[N+](=O)[O-]. The number of halogens is 5. The van der Waals surface area contributed by atoms with Crippen molar-refractivity contribution in [3.8, 4) is 11.5 Å². The van der Waals surface area contributed by atoms with E-state index in [-0.39, 0.29) is 41.5 Å². The minimum absolute atomic E-state index is 0.0287. The summed E-state index contributed by atoms with van der Waals surface area (Å²) in [5.74, 6) is -0.871. The summed E-state index contributed by atoms with van der Waals surface area (Å²) in [6.07, 6.45) is -4.56. The molecule has 0 unspecified atom stereocenters. The average Bonchev–Trinajstić information content (AvgIpc) is 2.60. The fourth-order valence-corrected chi connectivity index (χ4v) is 3.13. The van der Waals surface area contributed by atoms with Gasteiger partial charge in [-0.1, -0.05) is 23.2 Å². The van der Waals surface area contributed by atoms with Crippen molar-refractivity contribution in [1.82, 2.24) is 0 Å². The fraction of sp³-hybridized carbons (Fsp3) is 0.278. The van der Waals surface area contributed by atoms with E-state index < -0.39 is 32.6 Å². The maximum absolute atomic E-state index is 12.9. The number of anilines is 1. The molecule has 7 nitrogen and oxygen atoms in total. The van der Waals surface area contributed by atoms with Crippen LogP contribution in [0.2, 0.25) is 10.0 Å². The number of nitrogens with one attached hydrogen (secondary N) is 1. The van der Waals surface area contributed by atoms with E-state index in [1.807, 2.05) is 0 Å². The molecule has 12 heteroatoms. The van der Waals surface area contributed by atoms with E-state index >= 15 is 0 Å². The molecular formula is C18H15Cl2F3N2O5. The van der Waals surface area contributed by atoms with Gasteiger partial charge in [0, 0.05) is 32.1 Å². The van der Waals surface area contributed by atoms with Gasteiger partial charge in [0.25, 0.3) is 5.69 Å². The zero-order chi connectivity index (χ0) is 22.6. The van der Waals surface area contributed by atoms with Crippen LogP contribution in [-0.2, 0) is 22.1 Å². The number of hydrogen-bond acceptors (Lipinski definition) is 5. The smallest absolute Gasteiger partial charge is 0.416 e. The summed E-state index contributed by atoms with van der Waals surface area (Å²) in [5.41, 5.74) is -1.41. The second kappa shape index (κ2) is 9.50. The molecule has 2 aromatic rings. The maximum Gasteiger partial charge on any atom is 0.416 e. The molecule has 2 rings (SSSR count). The molecule has 0 aliphatic carbocycles. The van der Waals surface area contributed by atoms with E-state index in [0.29, 0.717) is 12.1 Å². The largest absolute Gasteiger partial charge is 0.454 e. The summed E-state index contributed by atoms with van der Waals surface area (Å²) in [6.45, 7) is 1.29. The zero-order valence-electron chi connectivity index (χ0n) is 15.6. The highest BCUT2D eigenvalue weighted by Crippen LogP contribution is 2.43. The first-order valence-corrected chi connectivity index (χ1v) is 9.01. The highest BCUT2D eigenvalue weighted by Gasteiger charge is 2.32. The van der Waals surface area contributed by atoms with E-state index in [0.717, 1.165) is 13.0 Å². The third-order valence-electron chi connectivity index (χ3n) is 3.78. The number of alkyl halides is 3. The Hall–Kier alpha value is -2.56. The van der Waals surface area contributed by atoms with Crippen LogP contribution >= 0.6 is 23.2 Å². The van der Waals surface area contributed by atoms with Gasteiger partial charge in [0.1, 0.15) is 11.4 Å². The Labute approximate surface area is 178 Å². The van der Waals surface area contributed by atoms with Crippen LogP contribution in [0.3, 0.4) is 0 Å². The van der Waals surface area contributed by atoms with Crippen LogP contribution in [0, 0.1) is 10.1 Å². The van der Waals surface area contributed by atoms with Gasteiger partial charge in [-0.2, -0.15) is 13.2 Å². The quantitative estimate of drug-likeness (QED) is 0.407. The molecule has 0 atom stereocenters. The Morgan fingerprint density at radius 3 is 2.27 bits per heavy atom. The average molecular weight is 467 g/mol. The number of methoxy groups -OCH3 is 1. The van der Waals surface area contributed by atoms with E-state index in [2.05, 4.69) is 5.32 Å². The molecule has 0 heterocycles. The Morgan fingerprint density at radius 2 is 1.80 bits per heavy atom. The lowest BCUT2D eigenvalue weighted by Gasteiger charge is -2.15. The Bertz CT molecular complexity index is 960. The van der Waals surface area contributed by atoms with E-state index in [1.54, 1.807) is 0 Å². The van der Waals surface area contributed by atoms with Crippen LogP contribution in [-0.4, -0.2) is 24.5 Å². The van der Waals surface area contributed by atoms with Crippen LogP contribution in [0.5, 0.6) is 11.5 Å². The summed E-state index contributed by atoms with van der Waals surface area (Å²) in [4.78, 5) is 22.3. The number of ether oxygens (including phenoxy) is 2. The third kappa shape index (κ3) is 5.74. The van der Waals surface area contributed by atoms with Gasteiger partial charge in [0.2, 0.25) is 5.91 Å². The van der Waals surface area contributed by atoms with Crippen LogP contribution < -0.4 is 10.1 Å². The van der Waals surface area contributed by atoms with Gasteiger partial charge < -0.3 is 14.8 Å². The van der Waals surface area contributed by atoms with Crippen LogP contribution in [0.4, 0.5) is 24.5 Å². The van der Waals surface area contributed by atoms with Crippen molar-refractivity contribution in [2.45, 2.75) is 19.5 Å². The number of carbonyl (C=O) groups excluding carboxylic acids is 1. The highest BCUT2D eigenvalue weighted by atomic mass is 35.5. The number of benzene rings is 2. The van der Waals surface area contributed by atoms with Crippen molar-refractivity contribution < 1.29 is 32.4 Å². The lowest BCUT2D eigenvalue weighted by molar-refractivity contribution is -0.384. The number of carbonyl (C=O) groups is 1. The molecule has 1 N–H and O–H groups in total. The lowest BCUT2D eigenvalue weighted by atomic mass is 10.1. The fourth-order valence-electron chi connectivity index (χ4n) is 2.57. The molecule has 0 spiro atoms. The number of hydrogen-bond donors (Lipinski definition) is 1. The second-order valence-corrected chi connectivity index (χ2v) is 6.84. The monoisotopic (exact) mass is 466 g/mol. The molecule has 0 bridgehead atoms. The minimum Gasteiger partial charge on any atom is -0.454 e. The Balaban J connectivity index is 2.56.